The number of amides is 1. The first-order valence-corrected chi connectivity index (χ1v) is 12.2. The van der Waals surface area contributed by atoms with Crippen molar-refractivity contribution < 1.29 is 27.8 Å². The zero-order valence-corrected chi connectivity index (χ0v) is 21.0. The Morgan fingerprint density at radius 2 is 1.71 bits per heavy atom. The number of nitrogens with one attached hydrogen (secondary N) is 1. The van der Waals surface area contributed by atoms with Crippen LogP contribution in [0.1, 0.15) is 36.4 Å². The minimum atomic E-state index is -4.22. The zero-order chi connectivity index (χ0) is 27.2. The molecule has 8 nitrogen and oxygen atoms in total. The summed E-state index contributed by atoms with van der Waals surface area (Å²) in [5, 5.41) is 18.0. The van der Waals surface area contributed by atoms with Crippen LogP contribution in [0, 0.1) is 6.21 Å². The molecule has 3 heterocycles. The van der Waals surface area contributed by atoms with Crippen molar-refractivity contribution in [1.29, 1.82) is 0 Å². The van der Waals surface area contributed by atoms with Crippen LogP contribution in [0.5, 0.6) is 0 Å². The van der Waals surface area contributed by atoms with E-state index in [4.69, 9.17) is 28.3 Å². The van der Waals surface area contributed by atoms with Crippen LogP contribution in [-0.2, 0) is 9.59 Å². The lowest BCUT2D eigenvalue weighted by atomic mass is 9.93. The van der Waals surface area contributed by atoms with Gasteiger partial charge in [0.1, 0.15) is 6.42 Å². The molecule has 2 N–H and O–H groups in total. The molecule has 194 valence electrons. The predicted molar refractivity (Wildman–Crippen MR) is 136 cm³/mol. The number of rotatable bonds is 6. The van der Waals surface area contributed by atoms with Crippen LogP contribution in [-0.4, -0.2) is 38.7 Å². The maximum absolute atomic E-state index is 14.7. The Balaban J connectivity index is 1.70. The Bertz CT molecular complexity index is 1670. The third-order valence-corrected chi connectivity index (χ3v) is 6.80. The Morgan fingerprint density at radius 1 is 1.08 bits per heavy atom. The van der Waals surface area contributed by atoms with Crippen LogP contribution >= 0.6 is 23.2 Å². The van der Waals surface area contributed by atoms with E-state index in [2.05, 4.69) is 10.2 Å². The van der Waals surface area contributed by atoms with Crippen molar-refractivity contribution in [3.05, 3.63) is 91.6 Å². The molecule has 5 rings (SSSR count). The van der Waals surface area contributed by atoms with Crippen molar-refractivity contribution in [2.24, 2.45) is 5.10 Å². The molecule has 0 fully saturated rings. The maximum atomic E-state index is 14.7. The molecule has 0 saturated heterocycles. The van der Waals surface area contributed by atoms with Gasteiger partial charge in [0.15, 0.2) is 6.21 Å². The molecule has 38 heavy (non-hydrogen) atoms. The highest BCUT2D eigenvalue weighted by Gasteiger charge is 2.49. The lowest BCUT2D eigenvalue weighted by Gasteiger charge is -2.25. The van der Waals surface area contributed by atoms with Gasteiger partial charge in [0, 0.05) is 22.5 Å². The van der Waals surface area contributed by atoms with E-state index in [0.717, 1.165) is 0 Å². The number of benzene rings is 2. The van der Waals surface area contributed by atoms with Crippen LogP contribution in [0.2, 0.25) is 10.0 Å². The molecule has 0 saturated carbocycles. The molecule has 2 aromatic carbocycles. The average molecular weight is 560 g/mol. The van der Waals surface area contributed by atoms with Crippen molar-refractivity contribution >= 4 is 46.9 Å². The van der Waals surface area contributed by atoms with Crippen LogP contribution in [0.25, 0.3) is 17.2 Å². The summed E-state index contributed by atoms with van der Waals surface area (Å²) in [4.78, 5) is 37.4. The molecule has 0 spiro atoms. The van der Waals surface area contributed by atoms with E-state index in [9.17, 15) is 23.2 Å². The van der Waals surface area contributed by atoms with Gasteiger partial charge in [-0.05, 0) is 35.4 Å². The van der Waals surface area contributed by atoms with Crippen molar-refractivity contribution in [2.75, 3.05) is 0 Å². The molecule has 1 amide bonds. The number of aromatic amines is 1. The fourth-order valence-corrected chi connectivity index (χ4v) is 4.86. The highest BCUT2D eigenvalue weighted by atomic mass is 35.5. The van der Waals surface area contributed by atoms with Crippen LogP contribution in [0.15, 0.2) is 58.4 Å². The minimum absolute atomic E-state index is 0.0760. The number of H-pyrrole nitrogens is 1. The van der Waals surface area contributed by atoms with Gasteiger partial charge in [0.05, 0.1) is 29.3 Å². The van der Waals surface area contributed by atoms with Crippen molar-refractivity contribution in [3.63, 3.8) is 0 Å². The first kappa shape index (κ1) is 25.7. The minimum Gasteiger partial charge on any atom is -0.481 e. The Hall–Kier alpha value is -3.89. The monoisotopic (exact) mass is 559 g/mol. The van der Waals surface area contributed by atoms with Gasteiger partial charge in [0.2, 0.25) is 5.35 Å². The van der Waals surface area contributed by atoms with Crippen LogP contribution < -0.4 is 15.3 Å². The number of hydrogen-bond donors (Lipinski definition) is 2. The predicted octanol–water partition coefficient (Wildman–Crippen LogP) is 3.62. The number of alkyl halides is 2. The Labute approximate surface area is 223 Å². The molecule has 0 unspecified atom stereocenters. The van der Waals surface area contributed by atoms with Crippen molar-refractivity contribution in [1.82, 2.24) is 10.1 Å². The van der Waals surface area contributed by atoms with Crippen molar-refractivity contribution in [2.45, 2.75) is 31.2 Å². The van der Waals surface area contributed by atoms with E-state index < -0.39 is 35.8 Å². The molecule has 3 aromatic rings. The summed E-state index contributed by atoms with van der Waals surface area (Å²) in [5.74, 6) is -7.84. The van der Waals surface area contributed by atoms with Gasteiger partial charge in [-0.1, -0.05) is 51.8 Å². The zero-order valence-electron chi connectivity index (χ0n) is 19.5. The third-order valence-electron chi connectivity index (χ3n) is 6.29. The third kappa shape index (κ3) is 4.72. The van der Waals surface area contributed by atoms with Gasteiger partial charge in [-0.25, -0.2) is 5.01 Å². The number of carboxylic acids is 1. The second kappa shape index (κ2) is 9.77. The molecule has 1 atom stereocenters. The quantitative estimate of drug-likeness (QED) is 0.449. The SMILES string of the molecule is O=C(O)CC(F)(F)C(=O)N1N=C(c2c(-c3ccc(Cl)cc3)c3[n+]([nH]c2=O)=CCC=3)C[C@H]1c1ccc(Cl)cc1. The van der Waals surface area contributed by atoms with Gasteiger partial charge in [-0.2, -0.15) is 13.9 Å². The Kier molecular flexibility index (Phi) is 6.62. The summed E-state index contributed by atoms with van der Waals surface area (Å²) in [6.07, 6.45) is 2.44. The topological polar surface area (TPSA) is 109 Å². The van der Waals surface area contributed by atoms with Gasteiger partial charge in [-0.15, -0.1) is 5.10 Å². The molecule has 0 aliphatic carbocycles. The van der Waals surface area contributed by atoms with Crippen LogP contribution in [0.3, 0.4) is 0 Å². The average Bonchev–Trinajstić information content (AvgIpc) is 3.50. The molecule has 2 aliphatic heterocycles. The van der Waals surface area contributed by atoms with E-state index in [1.54, 1.807) is 47.0 Å². The number of carbonyl (C=O) groups is 2. The lowest BCUT2D eigenvalue weighted by Crippen LogP contribution is -2.46. The van der Waals surface area contributed by atoms with E-state index >= 15 is 0 Å². The van der Waals surface area contributed by atoms with E-state index in [1.165, 1.54) is 12.1 Å². The first-order valence-electron chi connectivity index (χ1n) is 11.5. The number of hydrazone groups is 1. The van der Waals surface area contributed by atoms with E-state index in [0.29, 0.717) is 43.5 Å². The normalized spacial score (nSPS) is 16.5. The van der Waals surface area contributed by atoms with Crippen molar-refractivity contribution in [3.8, 4) is 11.1 Å². The molecule has 12 heteroatoms. The summed E-state index contributed by atoms with van der Waals surface area (Å²) in [6, 6.07) is 11.9. The van der Waals surface area contributed by atoms with Gasteiger partial charge in [0.25, 0.3) is 0 Å². The number of fused-ring (bicyclic) bond motifs is 1. The van der Waals surface area contributed by atoms with E-state index in [1.807, 2.05) is 6.08 Å². The second-order valence-corrected chi connectivity index (χ2v) is 9.69. The van der Waals surface area contributed by atoms with Crippen LogP contribution in [0.4, 0.5) is 8.78 Å². The lowest BCUT2D eigenvalue weighted by molar-refractivity contribution is -0.589. The summed E-state index contributed by atoms with van der Waals surface area (Å²) in [6.45, 7) is 0. The number of hydrogen-bond acceptors (Lipinski definition) is 4. The van der Waals surface area contributed by atoms with Gasteiger partial charge in [-0.3, -0.25) is 14.4 Å². The molecule has 0 bridgehead atoms. The summed E-state index contributed by atoms with van der Waals surface area (Å²) >= 11 is 12.1. The van der Waals surface area contributed by atoms with Gasteiger partial charge >= 0.3 is 23.4 Å². The molecule has 2 aliphatic rings. The molecule has 1 aromatic heterocycles. The molecular weight excluding hydrogens is 541 g/mol. The highest BCUT2D eigenvalue weighted by molar-refractivity contribution is 6.30. The Morgan fingerprint density at radius 3 is 2.34 bits per heavy atom. The smallest absolute Gasteiger partial charge is 0.337 e. The fraction of sp³-hybridized carbons (Fsp3) is 0.192. The van der Waals surface area contributed by atoms with Gasteiger partial charge < -0.3 is 5.11 Å². The maximum Gasteiger partial charge on any atom is 0.337 e. The summed E-state index contributed by atoms with van der Waals surface area (Å²) in [7, 11) is 0. The highest BCUT2D eigenvalue weighted by Crippen LogP contribution is 2.37. The summed E-state index contributed by atoms with van der Waals surface area (Å²) < 4.78 is 31.0. The number of aliphatic carboxylic acids is 1. The number of carboxylic acid groups (broad SMARTS) is 1. The largest absolute Gasteiger partial charge is 0.481 e. The molecule has 0 radical (unpaired) electrons. The molecular formula is C26H19Cl2F2N4O4+. The fourth-order valence-electron chi connectivity index (χ4n) is 4.61. The number of carbonyl (C=O) groups excluding carboxylic acids is 1. The second-order valence-electron chi connectivity index (χ2n) is 8.82. The van der Waals surface area contributed by atoms with E-state index in [-0.39, 0.29) is 17.7 Å². The number of aromatic nitrogens is 2. The number of nitrogens with zero attached hydrogens (tertiary/aromatic N) is 3. The number of halogens is 4. The first-order chi connectivity index (χ1) is 18.0. The summed E-state index contributed by atoms with van der Waals surface area (Å²) in [5.41, 5.74) is 1.25. The standard InChI is InChI=1S/C26H18Cl2F2N4O4/c27-16-7-3-14(4-8-16)20-12-18(31-34(20)25(38)26(29,30)13-21(35)36)23-22(15-5-9-17(28)10-6-15)19-2-1-11-33(19)32-24(23)37/h2-11,20H,1,12-13H2,(H-,32,35,36,37)/p+1/t20-/m0/s1.